The number of aliphatic hydroxyl groups excluding tert-OH is 1. The highest BCUT2D eigenvalue weighted by Crippen LogP contribution is 2.33. The third-order valence-electron chi connectivity index (χ3n) is 5.51. The van der Waals surface area contributed by atoms with Gasteiger partial charge < -0.3 is 20.5 Å². The number of hydrogen-bond acceptors (Lipinski definition) is 8. The molecule has 0 saturated carbocycles. The van der Waals surface area contributed by atoms with Crippen LogP contribution in [0.5, 0.6) is 0 Å². The number of nitrogens with zero attached hydrogens (tertiary/aromatic N) is 3. The molecule has 164 valence electrons. The molecule has 3 rings (SSSR count). The summed E-state index contributed by atoms with van der Waals surface area (Å²) in [5.41, 5.74) is 7.63. The van der Waals surface area contributed by atoms with Crippen molar-refractivity contribution >= 4 is 21.3 Å². The summed E-state index contributed by atoms with van der Waals surface area (Å²) in [6.45, 7) is 7.01. The number of nitrogens with two attached hydrogens (primary N) is 1. The standard InChI is InChI=1S/C21H30N4O4S/c1-15-14-29-11-9-25(15)19-13-18(21(2,3)30(27,28)12-4-10-26)23-20(24-19)16-5-7-17(22)8-6-16/h5-8,13,15,26H,4,9-12,14,22H2,1-3H3/t15-/m0/s1. The Kier molecular flexibility index (Phi) is 6.64. The van der Waals surface area contributed by atoms with Crippen molar-refractivity contribution in [2.75, 3.05) is 42.8 Å². The maximum absolute atomic E-state index is 13.0. The average Bonchev–Trinajstić information content (AvgIpc) is 2.72. The number of ether oxygens (including phenoxy) is 1. The van der Waals surface area contributed by atoms with Gasteiger partial charge in [0.05, 0.1) is 30.7 Å². The quantitative estimate of drug-likeness (QED) is 0.635. The van der Waals surface area contributed by atoms with E-state index in [1.165, 1.54) is 0 Å². The van der Waals surface area contributed by atoms with E-state index >= 15 is 0 Å². The van der Waals surface area contributed by atoms with Gasteiger partial charge in [-0.15, -0.1) is 0 Å². The van der Waals surface area contributed by atoms with Crippen LogP contribution in [-0.2, 0) is 19.3 Å². The summed E-state index contributed by atoms with van der Waals surface area (Å²) >= 11 is 0. The second kappa shape index (κ2) is 8.87. The predicted octanol–water partition coefficient (Wildman–Crippen LogP) is 1.98. The SMILES string of the molecule is C[C@H]1COCCN1c1cc(C(C)(C)S(=O)(=O)CCCO)nc(-c2ccc(N)cc2)n1. The van der Waals surface area contributed by atoms with Gasteiger partial charge in [-0.1, -0.05) is 0 Å². The van der Waals surface area contributed by atoms with E-state index in [2.05, 4.69) is 9.88 Å². The number of morpholine rings is 1. The van der Waals surface area contributed by atoms with E-state index in [0.717, 1.165) is 5.56 Å². The van der Waals surface area contributed by atoms with Crippen molar-refractivity contribution in [3.05, 3.63) is 36.0 Å². The number of rotatable bonds is 7. The van der Waals surface area contributed by atoms with E-state index in [1.807, 2.05) is 19.1 Å². The second-order valence-corrected chi connectivity index (χ2v) is 10.7. The third-order valence-corrected chi connectivity index (χ3v) is 8.10. The molecule has 9 heteroatoms. The zero-order valence-electron chi connectivity index (χ0n) is 17.7. The van der Waals surface area contributed by atoms with Crippen LogP contribution in [0, 0.1) is 0 Å². The van der Waals surface area contributed by atoms with E-state index in [-0.39, 0.29) is 24.8 Å². The molecule has 0 radical (unpaired) electrons. The van der Waals surface area contributed by atoms with E-state index in [0.29, 0.717) is 42.8 Å². The van der Waals surface area contributed by atoms with Gasteiger partial charge in [0.2, 0.25) is 0 Å². The number of sulfone groups is 1. The summed E-state index contributed by atoms with van der Waals surface area (Å²) < 4.78 is 30.4. The Labute approximate surface area is 178 Å². The van der Waals surface area contributed by atoms with Crippen molar-refractivity contribution in [1.29, 1.82) is 0 Å². The number of hydrogen-bond donors (Lipinski definition) is 2. The largest absolute Gasteiger partial charge is 0.399 e. The van der Waals surface area contributed by atoms with Crippen LogP contribution in [0.4, 0.5) is 11.5 Å². The zero-order chi connectivity index (χ0) is 21.9. The maximum Gasteiger partial charge on any atom is 0.161 e. The van der Waals surface area contributed by atoms with Gasteiger partial charge in [0.15, 0.2) is 15.7 Å². The fourth-order valence-corrected chi connectivity index (χ4v) is 4.83. The van der Waals surface area contributed by atoms with Crippen LogP contribution in [0.3, 0.4) is 0 Å². The summed E-state index contributed by atoms with van der Waals surface area (Å²) in [6.07, 6.45) is 0.190. The molecule has 0 spiro atoms. The number of benzene rings is 1. The van der Waals surface area contributed by atoms with E-state index in [9.17, 15) is 8.42 Å². The van der Waals surface area contributed by atoms with Crippen molar-refractivity contribution in [1.82, 2.24) is 9.97 Å². The van der Waals surface area contributed by atoms with Crippen LogP contribution in [0.15, 0.2) is 30.3 Å². The molecule has 1 saturated heterocycles. The second-order valence-electron chi connectivity index (χ2n) is 8.08. The molecule has 1 atom stereocenters. The summed E-state index contributed by atoms with van der Waals surface area (Å²) in [5.74, 6) is 1.01. The summed E-state index contributed by atoms with van der Waals surface area (Å²) in [4.78, 5) is 11.5. The van der Waals surface area contributed by atoms with Crippen LogP contribution >= 0.6 is 0 Å². The van der Waals surface area contributed by atoms with Crippen molar-refractivity contribution < 1.29 is 18.3 Å². The number of aromatic nitrogens is 2. The molecule has 2 aromatic rings. The Morgan fingerprint density at radius 3 is 2.60 bits per heavy atom. The summed E-state index contributed by atoms with van der Waals surface area (Å²) in [7, 11) is -3.56. The molecule has 1 aliphatic rings. The van der Waals surface area contributed by atoms with Crippen LogP contribution in [0.2, 0.25) is 0 Å². The lowest BCUT2D eigenvalue weighted by molar-refractivity contribution is 0.0985. The normalized spacial score (nSPS) is 17.9. The van der Waals surface area contributed by atoms with E-state index in [1.54, 1.807) is 32.0 Å². The van der Waals surface area contributed by atoms with Crippen molar-refractivity contribution in [2.24, 2.45) is 0 Å². The maximum atomic E-state index is 13.0. The lowest BCUT2D eigenvalue weighted by Gasteiger charge is -2.35. The van der Waals surface area contributed by atoms with Crippen molar-refractivity contribution in [2.45, 2.75) is 38.0 Å². The Hall–Kier alpha value is -2.23. The molecular formula is C21H30N4O4S. The van der Waals surface area contributed by atoms with E-state index < -0.39 is 14.6 Å². The van der Waals surface area contributed by atoms with Gasteiger partial charge in [-0.25, -0.2) is 18.4 Å². The van der Waals surface area contributed by atoms with Gasteiger partial charge in [-0.3, -0.25) is 0 Å². The van der Waals surface area contributed by atoms with Crippen LogP contribution in [0.1, 0.15) is 32.9 Å². The minimum absolute atomic E-state index is 0.106. The Balaban J connectivity index is 2.13. The van der Waals surface area contributed by atoms with Gasteiger partial charge in [-0.2, -0.15) is 0 Å². The molecule has 0 bridgehead atoms. The summed E-state index contributed by atoms with van der Waals surface area (Å²) in [6, 6.07) is 9.06. The minimum Gasteiger partial charge on any atom is -0.399 e. The zero-order valence-corrected chi connectivity index (χ0v) is 18.5. The highest BCUT2D eigenvalue weighted by atomic mass is 32.2. The summed E-state index contributed by atoms with van der Waals surface area (Å²) in [5, 5.41) is 9.11. The molecule has 1 aromatic heterocycles. The first-order valence-electron chi connectivity index (χ1n) is 10.1. The lowest BCUT2D eigenvalue weighted by Crippen LogP contribution is -2.44. The molecule has 2 heterocycles. The molecule has 0 aliphatic carbocycles. The molecule has 3 N–H and O–H groups in total. The van der Waals surface area contributed by atoms with Crippen LogP contribution in [0.25, 0.3) is 11.4 Å². The van der Waals surface area contributed by atoms with Gasteiger partial charge in [-0.05, 0) is 51.5 Å². The molecule has 30 heavy (non-hydrogen) atoms. The first-order chi connectivity index (χ1) is 14.2. The predicted molar refractivity (Wildman–Crippen MR) is 118 cm³/mol. The lowest BCUT2D eigenvalue weighted by atomic mass is 10.1. The first kappa shape index (κ1) is 22.5. The molecular weight excluding hydrogens is 404 g/mol. The van der Waals surface area contributed by atoms with Gasteiger partial charge in [0, 0.05) is 30.5 Å². The van der Waals surface area contributed by atoms with Crippen molar-refractivity contribution in [3.63, 3.8) is 0 Å². The fraction of sp³-hybridized carbons (Fsp3) is 0.524. The van der Waals surface area contributed by atoms with Crippen molar-refractivity contribution in [3.8, 4) is 11.4 Å². The highest BCUT2D eigenvalue weighted by Gasteiger charge is 2.38. The molecule has 1 aliphatic heterocycles. The smallest absolute Gasteiger partial charge is 0.161 e. The topological polar surface area (TPSA) is 119 Å². The third kappa shape index (κ3) is 4.58. The van der Waals surface area contributed by atoms with E-state index in [4.69, 9.17) is 20.6 Å². The average molecular weight is 435 g/mol. The fourth-order valence-electron chi connectivity index (χ4n) is 3.39. The Morgan fingerprint density at radius 1 is 1.27 bits per heavy atom. The number of nitrogen functional groups attached to an aromatic ring is 1. The first-order valence-corrected chi connectivity index (χ1v) is 11.7. The Morgan fingerprint density at radius 2 is 1.97 bits per heavy atom. The monoisotopic (exact) mass is 434 g/mol. The van der Waals surface area contributed by atoms with Crippen LogP contribution in [-0.4, -0.2) is 61.7 Å². The molecule has 1 fully saturated rings. The number of aliphatic hydroxyl groups is 1. The van der Waals surface area contributed by atoms with Gasteiger partial charge >= 0.3 is 0 Å². The molecule has 8 nitrogen and oxygen atoms in total. The minimum atomic E-state index is -3.56. The molecule has 0 unspecified atom stereocenters. The number of anilines is 2. The van der Waals surface area contributed by atoms with Gasteiger partial charge in [0.25, 0.3) is 0 Å². The molecule has 1 aromatic carbocycles. The van der Waals surface area contributed by atoms with Crippen LogP contribution < -0.4 is 10.6 Å². The van der Waals surface area contributed by atoms with Gasteiger partial charge in [0.1, 0.15) is 10.6 Å². The Bertz CT molecular complexity index is 977. The molecule has 0 amide bonds. The highest BCUT2D eigenvalue weighted by molar-refractivity contribution is 7.92.